The summed E-state index contributed by atoms with van der Waals surface area (Å²) < 4.78 is 12.4. The molecule has 0 spiro atoms. The molecule has 0 radical (unpaired) electrons. The van der Waals surface area contributed by atoms with Gasteiger partial charge in [0, 0.05) is 23.7 Å². The van der Waals surface area contributed by atoms with Crippen molar-refractivity contribution in [2.75, 3.05) is 5.75 Å². The van der Waals surface area contributed by atoms with E-state index >= 15 is 0 Å². The molecular weight excluding hydrogens is 436 g/mol. The number of rotatable bonds is 10. The second-order valence-electron chi connectivity index (χ2n) is 7.96. The number of hydrogen-bond acceptors (Lipinski definition) is 5. The number of benzene rings is 3. The average molecular weight is 467 g/mol. The Morgan fingerprint density at radius 1 is 0.781 bits per heavy atom. The fourth-order valence-corrected chi connectivity index (χ4v) is 6.37. The van der Waals surface area contributed by atoms with E-state index in [9.17, 15) is 5.11 Å². The standard InChI is InChI=1S/C27H30O3S2/c28-26-16-24(29-17-21-10-4-1-5-11-21)27(32-19-23-14-8-3-9-15-23)25(30-26)20-31-18-22-12-6-2-7-13-22/h1-15,24-28H,16-20H2. The lowest BCUT2D eigenvalue weighted by Gasteiger charge is -2.40. The molecule has 4 unspecified atom stereocenters. The Labute approximate surface area is 199 Å². The van der Waals surface area contributed by atoms with Gasteiger partial charge >= 0.3 is 0 Å². The summed E-state index contributed by atoms with van der Waals surface area (Å²) in [5.74, 6) is 2.65. The molecule has 0 saturated carbocycles. The molecular formula is C27H30O3S2. The van der Waals surface area contributed by atoms with Crippen molar-refractivity contribution < 1.29 is 14.6 Å². The molecule has 1 saturated heterocycles. The van der Waals surface area contributed by atoms with Crippen LogP contribution in [0.3, 0.4) is 0 Å². The molecule has 32 heavy (non-hydrogen) atoms. The third-order valence-corrected chi connectivity index (χ3v) is 8.08. The molecule has 168 valence electrons. The molecule has 0 bridgehead atoms. The first-order valence-corrected chi connectivity index (χ1v) is 13.2. The van der Waals surface area contributed by atoms with Crippen molar-refractivity contribution in [2.24, 2.45) is 0 Å². The predicted molar refractivity (Wildman–Crippen MR) is 135 cm³/mol. The van der Waals surface area contributed by atoms with Gasteiger partial charge in [-0.2, -0.15) is 11.8 Å². The predicted octanol–water partition coefficient (Wildman–Crippen LogP) is 5.91. The Kier molecular flexibility index (Phi) is 9.12. The molecule has 0 aromatic heterocycles. The van der Waals surface area contributed by atoms with Crippen LogP contribution in [0.4, 0.5) is 0 Å². The van der Waals surface area contributed by atoms with Gasteiger partial charge in [-0.25, -0.2) is 0 Å². The molecule has 1 fully saturated rings. The highest BCUT2D eigenvalue weighted by atomic mass is 32.2. The first-order chi connectivity index (χ1) is 15.8. The quantitative estimate of drug-likeness (QED) is 0.402. The molecule has 0 amide bonds. The summed E-state index contributed by atoms with van der Waals surface area (Å²) in [4.78, 5) is 0. The summed E-state index contributed by atoms with van der Waals surface area (Å²) in [6.07, 6.45) is -0.414. The van der Waals surface area contributed by atoms with Gasteiger partial charge in [0.25, 0.3) is 0 Å². The highest BCUT2D eigenvalue weighted by molar-refractivity contribution is 7.99. The summed E-state index contributed by atoms with van der Waals surface area (Å²) in [5, 5.41) is 10.6. The van der Waals surface area contributed by atoms with E-state index in [0.29, 0.717) is 13.0 Å². The number of ether oxygens (including phenoxy) is 2. The number of thioether (sulfide) groups is 2. The Morgan fingerprint density at radius 3 is 1.97 bits per heavy atom. The maximum absolute atomic E-state index is 10.4. The molecule has 1 heterocycles. The molecule has 5 heteroatoms. The Morgan fingerprint density at radius 2 is 1.34 bits per heavy atom. The van der Waals surface area contributed by atoms with Gasteiger partial charge in [-0.05, 0) is 16.7 Å². The minimum absolute atomic E-state index is 0.0602. The maximum Gasteiger partial charge on any atom is 0.157 e. The van der Waals surface area contributed by atoms with Crippen LogP contribution in [0.5, 0.6) is 0 Å². The topological polar surface area (TPSA) is 38.7 Å². The number of aliphatic hydroxyl groups is 1. The molecule has 1 aliphatic heterocycles. The van der Waals surface area contributed by atoms with Crippen LogP contribution in [-0.2, 0) is 27.6 Å². The van der Waals surface area contributed by atoms with E-state index in [2.05, 4.69) is 60.7 Å². The molecule has 0 aliphatic carbocycles. The normalized spacial score (nSPS) is 23.2. The van der Waals surface area contributed by atoms with Crippen LogP contribution in [0.1, 0.15) is 23.1 Å². The monoisotopic (exact) mass is 466 g/mol. The van der Waals surface area contributed by atoms with Crippen LogP contribution in [0.25, 0.3) is 0 Å². The van der Waals surface area contributed by atoms with Crippen molar-refractivity contribution in [2.45, 2.75) is 48.3 Å². The summed E-state index contributed by atoms with van der Waals surface area (Å²) in [6.45, 7) is 0.546. The summed E-state index contributed by atoms with van der Waals surface area (Å²) in [7, 11) is 0. The van der Waals surface area contributed by atoms with Crippen molar-refractivity contribution >= 4 is 23.5 Å². The van der Waals surface area contributed by atoms with Gasteiger partial charge in [0.05, 0.1) is 24.1 Å². The van der Waals surface area contributed by atoms with Crippen molar-refractivity contribution in [1.82, 2.24) is 0 Å². The van der Waals surface area contributed by atoms with Gasteiger partial charge in [0.2, 0.25) is 0 Å². The van der Waals surface area contributed by atoms with Gasteiger partial charge in [0.1, 0.15) is 0 Å². The first-order valence-electron chi connectivity index (χ1n) is 11.0. The summed E-state index contributed by atoms with van der Waals surface area (Å²) >= 11 is 3.73. The van der Waals surface area contributed by atoms with E-state index in [4.69, 9.17) is 9.47 Å². The Hall–Kier alpha value is -1.76. The second-order valence-corrected chi connectivity index (χ2v) is 10.2. The summed E-state index contributed by atoms with van der Waals surface area (Å²) in [5.41, 5.74) is 3.75. The molecule has 3 aromatic rings. The largest absolute Gasteiger partial charge is 0.372 e. The third-order valence-electron chi connectivity index (χ3n) is 5.48. The fourth-order valence-electron chi connectivity index (χ4n) is 3.83. The Bertz CT molecular complexity index is 908. The lowest BCUT2D eigenvalue weighted by Crippen LogP contribution is -2.48. The van der Waals surface area contributed by atoms with Crippen LogP contribution in [0.2, 0.25) is 0 Å². The SMILES string of the molecule is OC1CC(OCc2ccccc2)C(SCc2ccccc2)C(CSCc2ccccc2)O1. The van der Waals surface area contributed by atoms with Crippen LogP contribution >= 0.6 is 23.5 Å². The van der Waals surface area contributed by atoms with Gasteiger partial charge < -0.3 is 14.6 Å². The van der Waals surface area contributed by atoms with Crippen LogP contribution < -0.4 is 0 Å². The van der Waals surface area contributed by atoms with E-state index < -0.39 is 6.29 Å². The maximum atomic E-state index is 10.4. The van der Waals surface area contributed by atoms with Crippen molar-refractivity contribution in [3.05, 3.63) is 108 Å². The zero-order valence-corrected chi connectivity index (χ0v) is 19.7. The van der Waals surface area contributed by atoms with Crippen LogP contribution in [0, 0.1) is 0 Å². The lowest BCUT2D eigenvalue weighted by molar-refractivity contribution is -0.189. The highest BCUT2D eigenvalue weighted by Gasteiger charge is 2.39. The Balaban J connectivity index is 1.42. The first kappa shape index (κ1) is 23.4. The highest BCUT2D eigenvalue weighted by Crippen LogP contribution is 2.35. The van der Waals surface area contributed by atoms with E-state index in [0.717, 1.165) is 22.8 Å². The van der Waals surface area contributed by atoms with E-state index in [1.807, 2.05) is 53.9 Å². The van der Waals surface area contributed by atoms with Crippen molar-refractivity contribution in [1.29, 1.82) is 0 Å². The van der Waals surface area contributed by atoms with Crippen LogP contribution in [0.15, 0.2) is 91.0 Å². The van der Waals surface area contributed by atoms with Gasteiger partial charge in [-0.1, -0.05) is 91.0 Å². The van der Waals surface area contributed by atoms with E-state index in [-0.39, 0.29) is 17.5 Å². The van der Waals surface area contributed by atoms with Gasteiger partial charge in [-0.3, -0.25) is 0 Å². The van der Waals surface area contributed by atoms with E-state index in [1.165, 1.54) is 11.1 Å². The summed E-state index contributed by atoms with van der Waals surface area (Å²) in [6, 6.07) is 31.2. The molecule has 1 aliphatic rings. The zero-order valence-electron chi connectivity index (χ0n) is 18.1. The molecule has 4 rings (SSSR count). The minimum atomic E-state index is -0.785. The third kappa shape index (κ3) is 7.12. The smallest absolute Gasteiger partial charge is 0.157 e. The number of hydrogen-bond donors (Lipinski definition) is 1. The lowest BCUT2D eigenvalue weighted by atomic mass is 10.0. The molecule has 3 nitrogen and oxygen atoms in total. The zero-order chi connectivity index (χ0) is 22.0. The molecule has 3 aromatic carbocycles. The van der Waals surface area contributed by atoms with Crippen molar-refractivity contribution in [3.8, 4) is 0 Å². The fraction of sp³-hybridized carbons (Fsp3) is 0.333. The van der Waals surface area contributed by atoms with Gasteiger partial charge in [-0.15, -0.1) is 11.8 Å². The molecule has 1 N–H and O–H groups in total. The number of aliphatic hydroxyl groups excluding tert-OH is 1. The van der Waals surface area contributed by atoms with Crippen LogP contribution in [-0.4, -0.2) is 34.6 Å². The van der Waals surface area contributed by atoms with E-state index in [1.54, 1.807) is 0 Å². The van der Waals surface area contributed by atoms with Gasteiger partial charge in [0.15, 0.2) is 6.29 Å². The second kappa shape index (κ2) is 12.5. The minimum Gasteiger partial charge on any atom is -0.372 e. The average Bonchev–Trinajstić information content (AvgIpc) is 2.84. The van der Waals surface area contributed by atoms with Crippen molar-refractivity contribution in [3.63, 3.8) is 0 Å². The molecule has 4 atom stereocenters.